The van der Waals surface area contributed by atoms with Crippen LogP contribution in [0.15, 0.2) is 0 Å². The van der Waals surface area contributed by atoms with E-state index in [2.05, 4.69) is 7.05 Å². The SMILES string of the molecule is [CH2-]N1CCCS1. The largest absolute Gasteiger partial charge is 0.404 e. The lowest BCUT2D eigenvalue weighted by atomic mass is 10.5. The Morgan fingerprint density at radius 3 is 2.67 bits per heavy atom. The van der Waals surface area contributed by atoms with Gasteiger partial charge in [0.1, 0.15) is 0 Å². The molecule has 0 aliphatic carbocycles. The summed E-state index contributed by atoms with van der Waals surface area (Å²) >= 11 is 1.82. The minimum Gasteiger partial charge on any atom is -0.404 e. The first-order valence-electron chi connectivity index (χ1n) is 2.10. The van der Waals surface area contributed by atoms with E-state index in [0.29, 0.717) is 0 Å². The van der Waals surface area contributed by atoms with Crippen molar-refractivity contribution in [2.75, 3.05) is 12.3 Å². The number of nitrogens with zero attached hydrogens (tertiary/aromatic N) is 1. The molecule has 0 aromatic heterocycles. The number of hydrogen-bond donors (Lipinski definition) is 0. The highest BCUT2D eigenvalue weighted by Crippen LogP contribution is 2.16. The number of rotatable bonds is 0. The fraction of sp³-hybridized carbons (Fsp3) is 0.750. The maximum atomic E-state index is 3.73. The summed E-state index contributed by atoms with van der Waals surface area (Å²) in [5, 5.41) is 0. The van der Waals surface area contributed by atoms with Gasteiger partial charge >= 0.3 is 0 Å². The van der Waals surface area contributed by atoms with Gasteiger partial charge in [0, 0.05) is 5.75 Å². The molecule has 2 heteroatoms. The van der Waals surface area contributed by atoms with Crippen LogP contribution < -0.4 is 0 Å². The zero-order valence-corrected chi connectivity index (χ0v) is 4.50. The second kappa shape index (κ2) is 1.85. The summed E-state index contributed by atoms with van der Waals surface area (Å²) < 4.78 is 2.03. The second-order valence-electron chi connectivity index (χ2n) is 1.39. The Balaban J connectivity index is 2.18. The molecule has 1 aliphatic heterocycles. The third-order valence-corrected chi connectivity index (χ3v) is 1.84. The Bertz CT molecular complexity index is 40.8. The monoisotopic (exact) mass is 102 g/mol. The molecule has 0 atom stereocenters. The quantitative estimate of drug-likeness (QED) is 0.333. The third kappa shape index (κ3) is 0.884. The molecule has 0 unspecified atom stereocenters. The lowest BCUT2D eigenvalue weighted by Crippen LogP contribution is -1.97. The van der Waals surface area contributed by atoms with Crippen LogP contribution in [-0.2, 0) is 0 Å². The summed E-state index contributed by atoms with van der Waals surface area (Å²) in [5.41, 5.74) is 0. The molecule has 0 spiro atoms. The molecular weight excluding hydrogens is 94.1 g/mol. The van der Waals surface area contributed by atoms with Crippen LogP contribution in [0.25, 0.3) is 0 Å². The van der Waals surface area contributed by atoms with Crippen molar-refractivity contribution in [1.29, 1.82) is 0 Å². The zero-order chi connectivity index (χ0) is 4.41. The molecule has 1 nitrogen and oxygen atoms in total. The van der Waals surface area contributed by atoms with Crippen LogP contribution >= 0.6 is 11.9 Å². The number of hydrogen-bond acceptors (Lipinski definition) is 2. The van der Waals surface area contributed by atoms with Crippen LogP contribution in [0.3, 0.4) is 0 Å². The summed E-state index contributed by atoms with van der Waals surface area (Å²) in [6, 6.07) is 0. The van der Waals surface area contributed by atoms with Crippen LogP contribution in [0, 0.1) is 7.05 Å². The Hall–Kier alpha value is 0.310. The second-order valence-corrected chi connectivity index (χ2v) is 2.58. The van der Waals surface area contributed by atoms with E-state index in [9.17, 15) is 0 Å². The summed E-state index contributed by atoms with van der Waals surface area (Å²) in [6.07, 6.45) is 1.31. The van der Waals surface area contributed by atoms with Crippen LogP contribution in [0.1, 0.15) is 6.42 Å². The van der Waals surface area contributed by atoms with Crippen LogP contribution in [-0.4, -0.2) is 16.6 Å². The smallest absolute Gasteiger partial charge is 0.00674 e. The van der Waals surface area contributed by atoms with Gasteiger partial charge in [-0.05, 0) is 13.0 Å². The first-order valence-corrected chi connectivity index (χ1v) is 3.05. The van der Waals surface area contributed by atoms with E-state index in [4.69, 9.17) is 0 Å². The Kier molecular flexibility index (Phi) is 1.37. The molecular formula is C4H8NS-. The predicted molar refractivity (Wildman–Crippen MR) is 29.1 cm³/mol. The normalized spacial score (nSPS) is 25.5. The van der Waals surface area contributed by atoms with Crippen molar-refractivity contribution in [2.45, 2.75) is 6.42 Å². The van der Waals surface area contributed by atoms with E-state index in [1.807, 2.05) is 16.3 Å². The molecule has 1 heterocycles. The zero-order valence-electron chi connectivity index (χ0n) is 3.68. The van der Waals surface area contributed by atoms with Gasteiger partial charge < -0.3 is 4.31 Å². The van der Waals surface area contributed by atoms with Crippen LogP contribution in [0.4, 0.5) is 0 Å². The van der Waals surface area contributed by atoms with Crippen molar-refractivity contribution in [3.63, 3.8) is 0 Å². The molecule has 0 saturated carbocycles. The minimum atomic E-state index is 1.17. The lowest BCUT2D eigenvalue weighted by Gasteiger charge is -2.11. The molecule has 0 N–H and O–H groups in total. The van der Waals surface area contributed by atoms with Crippen molar-refractivity contribution < 1.29 is 0 Å². The molecule has 36 valence electrons. The molecule has 0 aromatic rings. The van der Waals surface area contributed by atoms with Gasteiger partial charge in [0.25, 0.3) is 0 Å². The maximum Gasteiger partial charge on any atom is 0.00674 e. The van der Waals surface area contributed by atoms with Crippen LogP contribution in [0.2, 0.25) is 0 Å². The Labute approximate surface area is 42.8 Å². The van der Waals surface area contributed by atoms with Crippen molar-refractivity contribution >= 4 is 11.9 Å². The molecule has 1 rings (SSSR count). The van der Waals surface area contributed by atoms with E-state index in [-0.39, 0.29) is 0 Å². The van der Waals surface area contributed by atoms with Gasteiger partial charge in [-0.1, -0.05) is 0 Å². The van der Waals surface area contributed by atoms with E-state index in [1.165, 1.54) is 18.7 Å². The highest BCUT2D eigenvalue weighted by molar-refractivity contribution is 7.97. The van der Waals surface area contributed by atoms with Crippen LogP contribution in [0.5, 0.6) is 0 Å². The fourth-order valence-corrected chi connectivity index (χ4v) is 1.27. The molecule has 6 heavy (non-hydrogen) atoms. The van der Waals surface area contributed by atoms with Gasteiger partial charge in [-0.15, -0.1) is 11.9 Å². The maximum absolute atomic E-state index is 3.73. The molecule has 1 saturated heterocycles. The summed E-state index contributed by atoms with van der Waals surface area (Å²) in [5.74, 6) is 1.27. The summed E-state index contributed by atoms with van der Waals surface area (Å²) in [6.45, 7) is 1.17. The highest BCUT2D eigenvalue weighted by atomic mass is 32.2. The average molecular weight is 102 g/mol. The van der Waals surface area contributed by atoms with Crippen molar-refractivity contribution in [1.82, 2.24) is 4.31 Å². The Morgan fingerprint density at radius 2 is 2.50 bits per heavy atom. The molecule has 1 aliphatic rings. The lowest BCUT2D eigenvalue weighted by molar-refractivity contribution is 0.644. The predicted octanol–water partition coefficient (Wildman–Crippen LogP) is 1.13. The van der Waals surface area contributed by atoms with Gasteiger partial charge in [0.2, 0.25) is 0 Å². The summed E-state index contributed by atoms with van der Waals surface area (Å²) in [4.78, 5) is 0. The van der Waals surface area contributed by atoms with Gasteiger partial charge in [-0.3, -0.25) is 7.05 Å². The molecule has 0 bridgehead atoms. The first-order chi connectivity index (χ1) is 2.89. The topological polar surface area (TPSA) is 3.24 Å². The van der Waals surface area contributed by atoms with E-state index in [0.717, 1.165) is 0 Å². The van der Waals surface area contributed by atoms with Gasteiger partial charge in [0.05, 0.1) is 0 Å². The van der Waals surface area contributed by atoms with Gasteiger partial charge in [-0.2, -0.15) is 0 Å². The molecule has 0 radical (unpaired) electrons. The van der Waals surface area contributed by atoms with Crippen molar-refractivity contribution in [3.05, 3.63) is 7.05 Å². The van der Waals surface area contributed by atoms with Gasteiger partial charge in [0.15, 0.2) is 0 Å². The molecule has 1 fully saturated rings. The minimum absolute atomic E-state index is 1.17. The average Bonchev–Trinajstić information content (AvgIpc) is 1.86. The molecule has 0 aromatic carbocycles. The standard InChI is InChI=1S/C4H8NS/c1-5-3-2-4-6-5/h1-4H2/q-1. The Morgan fingerprint density at radius 1 is 1.67 bits per heavy atom. The van der Waals surface area contributed by atoms with E-state index in [1.54, 1.807) is 0 Å². The third-order valence-electron chi connectivity index (χ3n) is 0.826. The van der Waals surface area contributed by atoms with Crippen molar-refractivity contribution in [2.24, 2.45) is 0 Å². The van der Waals surface area contributed by atoms with Gasteiger partial charge in [-0.25, -0.2) is 0 Å². The fourth-order valence-electron chi connectivity index (χ4n) is 0.499. The molecule has 0 amide bonds. The summed E-state index contributed by atoms with van der Waals surface area (Å²) in [7, 11) is 3.73. The first kappa shape index (κ1) is 4.47. The van der Waals surface area contributed by atoms with Crippen molar-refractivity contribution in [3.8, 4) is 0 Å². The van der Waals surface area contributed by atoms with E-state index < -0.39 is 0 Å². The van der Waals surface area contributed by atoms with E-state index >= 15 is 0 Å². The highest BCUT2D eigenvalue weighted by Gasteiger charge is 1.98.